The topological polar surface area (TPSA) is 145 Å². The molecule has 0 bridgehead atoms. The van der Waals surface area contributed by atoms with Crippen molar-refractivity contribution < 1.29 is 9.53 Å². The molecule has 0 spiro atoms. The fourth-order valence-electron chi connectivity index (χ4n) is 2.77. The van der Waals surface area contributed by atoms with Gasteiger partial charge in [0.25, 0.3) is 0 Å². The second kappa shape index (κ2) is 8.74. The molecule has 1 amide bonds. The van der Waals surface area contributed by atoms with Gasteiger partial charge in [0, 0.05) is 12.3 Å². The lowest BCUT2D eigenvalue weighted by Crippen LogP contribution is -2.28. The summed E-state index contributed by atoms with van der Waals surface area (Å²) in [6.45, 7) is 0. The first-order valence-corrected chi connectivity index (χ1v) is 9.85. The van der Waals surface area contributed by atoms with Crippen LogP contribution in [0.1, 0.15) is 5.56 Å². The number of H-pyrrole nitrogens is 1. The van der Waals surface area contributed by atoms with E-state index in [-0.39, 0.29) is 17.8 Å². The fourth-order valence-corrected chi connectivity index (χ4v) is 3.89. The highest BCUT2D eigenvalue weighted by molar-refractivity contribution is 8.00. The lowest BCUT2D eigenvalue weighted by molar-refractivity contribution is -0.115. The Morgan fingerprint density at radius 3 is 2.83 bits per heavy atom. The number of carbonyl (C=O) groups excluding carboxylic acids is 1. The number of amides is 1. The maximum Gasteiger partial charge on any atom is 0.240 e. The van der Waals surface area contributed by atoms with Gasteiger partial charge in [-0.05, 0) is 12.0 Å². The number of imidazole rings is 1. The van der Waals surface area contributed by atoms with Crippen molar-refractivity contribution in [1.82, 2.24) is 29.9 Å². The van der Waals surface area contributed by atoms with Gasteiger partial charge in [-0.2, -0.15) is 9.97 Å². The van der Waals surface area contributed by atoms with Gasteiger partial charge in [0.2, 0.25) is 23.7 Å². The van der Waals surface area contributed by atoms with E-state index in [1.54, 1.807) is 6.07 Å². The summed E-state index contributed by atoms with van der Waals surface area (Å²) in [5, 5.41) is 2.75. The van der Waals surface area contributed by atoms with Crippen molar-refractivity contribution in [3.63, 3.8) is 0 Å². The molecule has 0 radical (unpaired) electrons. The van der Waals surface area contributed by atoms with Crippen LogP contribution in [0.4, 0.5) is 11.9 Å². The number of thioether (sulfide) groups is 1. The molecule has 0 saturated carbocycles. The van der Waals surface area contributed by atoms with Crippen molar-refractivity contribution in [2.24, 2.45) is 0 Å². The van der Waals surface area contributed by atoms with Crippen molar-refractivity contribution >= 4 is 40.7 Å². The average molecular weight is 422 g/mol. The van der Waals surface area contributed by atoms with Gasteiger partial charge >= 0.3 is 0 Å². The third kappa shape index (κ3) is 4.46. The Hall–Kier alpha value is -3.73. The number of anilines is 2. The molecule has 0 aliphatic heterocycles. The summed E-state index contributed by atoms with van der Waals surface area (Å²) in [5.74, 6) is 0.330. The molecular weight excluding hydrogens is 404 g/mol. The zero-order chi connectivity index (χ0) is 20.9. The number of hydrogen-bond donors (Lipinski definition) is 3. The highest BCUT2D eigenvalue weighted by Crippen LogP contribution is 2.30. The standard InChI is InChI=1S/C19H18N8O2S/c1-29-13-7-8-21-19(24-13)26-16(28)12(9-11-5-3-2-4-6-11)30-17-14-15(23-10-22-14)25-18(20)27-17/h2-8,10,12H,9H2,1H3,(H,21,24,26,28)(H3,20,22,23,25,27)/t12-/m1/s1. The van der Waals surface area contributed by atoms with Gasteiger partial charge in [-0.25, -0.2) is 15.0 Å². The largest absolute Gasteiger partial charge is 0.481 e. The van der Waals surface area contributed by atoms with Crippen molar-refractivity contribution in [2.75, 3.05) is 18.2 Å². The normalized spacial score (nSPS) is 11.9. The molecule has 3 heterocycles. The van der Waals surface area contributed by atoms with Crippen molar-refractivity contribution in [3.05, 3.63) is 54.5 Å². The zero-order valence-electron chi connectivity index (χ0n) is 15.9. The van der Waals surface area contributed by atoms with Crippen molar-refractivity contribution in [1.29, 1.82) is 0 Å². The molecule has 4 N–H and O–H groups in total. The molecule has 0 fully saturated rings. The van der Waals surface area contributed by atoms with E-state index in [2.05, 4.69) is 35.2 Å². The van der Waals surface area contributed by atoms with Crippen molar-refractivity contribution in [3.8, 4) is 5.88 Å². The lowest BCUT2D eigenvalue weighted by atomic mass is 10.1. The van der Waals surface area contributed by atoms with E-state index in [0.717, 1.165) is 5.56 Å². The van der Waals surface area contributed by atoms with Crippen LogP contribution in [-0.2, 0) is 11.2 Å². The molecule has 3 aromatic heterocycles. The maximum atomic E-state index is 13.1. The molecule has 0 aliphatic rings. The molecule has 0 unspecified atom stereocenters. The smallest absolute Gasteiger partial charge is 0.240 e. The van der Waals surface area contributed by atoms with Gasteiger partial charge in [0.1, 0.15) is 10.5 Å². The SMILES string of the molecule is COc1ccnc(NC(=O)[C@@H](Cc2ccccc2)Sc2nc(N)nc3nc[nH]c23)n1. The predicted octanol–water partition coefficient (Wildman–Crippen LogP) is 2.08. The Bertz CT molecular complexity index is 1170. The van der Waals surface area contributed by atoms with Crippen LogP contribution in [0.15, 0.2) is 53.9 Å². The number of fused-ring (bicyclic) bond motifs is 1. The maximum absolute atomic E-state index is 13.1. The number of aromatic nitrogens is 6. The van der Waals surface area contributed by atoms with Crippen LogP contribution in [0.5, 0.6) is 5.88 Å². The molecule has 1 aromatic carbocycles. The van der Waals surface area contributed by atoms with Gasteiger partial charge in [-0.3, -0.25) is 10.1 Å². The van der Waals surface area contributed by atoms with E-state index in [9.17, 15) is 4.79 Å². The number of hydrogen-bond acceptors (Lipinski definition) is 9. The Morgan fingerprint density at radius 1 is 1.20 bits per heavy atom. The van der Waals surface area contributed by atoms with E-state index in [1.807, 2.05) is 30.3 Å². The van der Waals surface area contributed by atoms with Crippen LogP contribution in [0.2, 0.25) is 0 Å². The second-order valence-corrected chi connectivity index (χ2v) is 7.39. The fraction of sp³-hybridized carbons (Fsp3) is 0.158. The Morgan fingerprint density at radius 2 is 2.03 bits per heavy atom. The monoisotopic (exact) mass is 422 g/mol. The average Bonchev–Trinajstić information content (AvgIpc) is 3.22. The number of aromatic amines is 1. The lowest BCUT2D eigenvalue weighted by Gasteiger charge is -2.16. The number of rotatable bonds is 7. The van der Waals surface area contributed by atoms with E-state index >= 15 is 0 Å². The Balaban J connectivity index is 1.63. The van der Waals surface area contributed by atoms with Crippen LogP contribution in [-0.4, -0.2) is 48.2 Å². The van der Waals surface area contributed by atoms with Gasteiger partial charge in [-0.1, -0.05) is 42.1 Å². The number of ether oxygens (including phenoxy) is 1. The molecule has 11 heteroatoms. The summed E-state index contributed by atoms with van der Waals surface area (Å²) in [7, 11) is 1.50. The number of nitrogens with one attached hydrogen (secondary N) is 2. The molecule has 0 saturated heterocycles. The summed E-state index contributed by atoms with van der Waals surface area (Å²) in [6, 6.07) is 11.3. The number of methoxy groups -OCH3 is 1. The first kappa shape index (κ1) is 19.6. The minimum Gasteiger partial charge on any atom is -0.481 e. The first-order chi connectivity index (χ1) is 14.6. The number of nitrogens with two attached hydrogens (primary N) is 1. The first-order valence-electron chi connectivity index (χ1n) is 8.97. The van der Waals surface area contributed by atoms with Crippen LogP contribution in [0.3, 0.4) is 0 Å². The zero-order valence-corrected chi connectivity index (χ0v) is 16.8. The summed E-state index contributed by atoms with van der Waals surface area (Å²) in [5.41, 5.74) is 7.89. The van der Waals surface area contributed by atoms with E-state index in [4.69, 9.17) is 10.5 Å². The minimum absolute atomic E-state index is 0.0899. The number of nitrogen functional groups attached to an aromatic ring is 1. The second-order valence-electron chi connectivity index (χ2n) is 6.20. The van der Waals surface area contributed by atoms with Crippen LogP contribution < -0.4 is 15.8 Å². The summed E-state index contributed by atoms with van der Waals surface area (Å²) < 4.78 is 5.09. The van der Waals surface area contributed by atoms with Gasteiger partial charge in [0.05, 0.1) is 18.7 Å². The Labute approximate surface area is 175 Å². The third-order valence-corrected chi connectivity index (χ3v) is 5.34. The predicted molar refractivity (Wildman–Crippen MR) is 113 cm³/mol. The molecule has 152 valence electrons. The van der Waals surface area contributed by atoms with E-state index < -0.39 is 5.25 Å². The highest BCUT2D eigenvalue weighted by atomic mass is 32.2. The van der Waals surface area contributed by atoms with Crippen molar-refractivity contribution in [2.45, 2.75) is 16.7 Å². The molecule has 30 heavy (non-hydrogen) atoms. The molecule has 0 aliphatic carbocycles. The van der Waals surface area contributed by atoms with Crippen LogP contribution in [0, 0.1) is 0 Å². The number of nitrogens with zero attached hydrogens (tertiary/aromatic N) is 5. The summed E-state index contributed by atoms with van der Waals surface area (Å²) in [4.78, 5) is 36.9. The van der Waals surface area contributed by atoms with Crippen LogP contribution in [0.25, 0.3) is 11.2 Å². The van der Waals surface area contributed by atoms with Gasteiger partial charge in [-0.15, -0.1) is 0 Å². The molecular formula is C19H18N8O2S. The molecule has 4 rings (SSSR count). The van der Waals surface area contributed by atoms with Crippen LogP contribution >= 0.6 is 11.8 Å². The van der Waals surface area contributed by atoms with Gasteiger partial charge in [0.15, 0.2) is 5.65 Å². The number of carbonyl (C=O) groups is 1. The molecule has 4 aromatic rings. The summed E-state index contributed by atoms with van der Waals surface area (Å²) >= 11 is 1.27. The van der Waals surface area contributed by atoms with Gasteiger partial charge < -0.3 is 15.5 Å². The molecule has 1 atom stereocenters. The summed E-state index contributed by atoms with van der Waals surface area (Å²) in [6.07, 6.45) is 3.49. The number of benzene rings is 1. The van der Waals surface area contributed by atoms with E-state index in [1.165, 1.54) is 31.4 Å². The third-order valence-electron chi connectivity index (χ3n) is 4.15. The molecule has 10 nitrogen and oxygen atoms in total. The highest BCUT2D eigenvalue weighted by Gasteiger charge is 2.24. The van der Waals surface area contributed by atoms with E-state index in [0.29, 0.717) is 28.5 Å². The quantitative estimate of drug-likeness (QED) is 0.301. The Kier molecular flexibility index (Phi) is 5.70. The minimum atomic E-state index is -0.539.